The van der Waals surface area contributed by atoms with Gasteiger partial charge in [0.1, 0.15) is 46.0 Å². The number of hydrogen-bond donors (Lipinski definition) is 12. The van der Waals surface area contributed by atoms with Crippen molar-refractivity contribution in [1.29, 1.82) is 0 Å². The third-order valence-corrected chi connectivity index (χ3v) is 20.1. The number of rotatable bonds is 28. The standard InChI is InChI=1S/C80H76N4O24/c85-25-9-21-41-53-29-54-42(22-10-26-86)56-31-58-44(24-12-28-88)60-32-59-43(23-11-27-87)57-30-55(41)67-62(34-82-74(90)46-14-2-6-18-50(46)78(95)96)69(57)105-39-107-71(59)64(36-84-76(92)48-16-4-8-20-52(48)80(99)100)72(60)108-40-106-70(58)63(35-83-75(91)47-15-3-7-19-51(47)79(97)98)68(56)104-38-102-66(54)61(65(53)101-37-103-67)33-81-73(89)45-13-1-5-17-49(45)77(93)94/h1-8,13-20,29-32,41-44,85-88H,9-12,21-28,33-40H2,(H,81,89)(H,82,90)(H,83,91)(H,84,92)(H,93,94)(H,95,96)(H,97,98)(H,99,100). The summed E-state index contributed by atoms with van der Waals surface area (Å²) in [5, 5.41) is 97.3. The quantitative estimate of drug-likeness (QED) is 0.0217. The molecule has 8 aromatic carbocycles. The lowest BCUT2D eigenvalue weighted by Gasteiger charge is -2.38. The molecule has 28 heteroatoms. The first kappa shape index (κ1) is 74.0. The molecule has 0 spiro atoms. The SMILES string of the molecule is O=C(O)c1ccccc1C(=O)NCc1c2c3cc4c1OCOc1c(cc5c(c1CNC(=O)c1ccccc1C(=O)O)OCOc1c(cc6c(c1CNC(=O)c1ccccc1C(=O)O)OCOc1c(cc(c(c1CNC(=O)c1ccccc1C(=O)O)OCO2)C3CCCO)C6CCCO)C5CCCO)C4CCCO. The fraction of sp³-hybridized carbons (Fsp3) is 0.300. The molecule has 0 radical (unpaired) electrons. The number of benzene rings is 8. The van der Waals surface area contributed by atoms with Crippen molar-refractivity contribution in [1.82, 2.24) is 21.3 Å². The Morgan fingerprint density at radius 2 is 0.444 bits per heavy atom. The number of amides is 4. The third-order valence-electron chi connectivity index (χ3n) is 20.1. The van der Waals surface area contributed by atoms with Crippen LogP contribution >= 0.6 is 0 Å². The first-order valence-corrected chi connectivity index (χ1v) is 35.1. The maximum atomic E-state index is 14.7. The molecule has 4 aliphatic heterocycles. The number of carboxylic acids is 4. The summed E-state index contributed by atoms with van der Waals surface area (Å²) in [4.78, 5) is 109. The average Bonchev–Trinajstić information content (AvgIpc) is 0.722. The van der Waals surface area contributed by atoms with Gasteiger partial charge in [0.25, 0.3) is 23.6 Å². The van der Waals surface area contributed by atoms with E-state index in [1.165, 1.54) is 97.1 Å². The Hall–Kier alpha value is -12.2. The van der Waals surface area contributed by atoms with Crippen LogP contribution in [-0.4, -0.2) is 142 Å². The van der Waals surface area contributed by atoms with Crippen LogP contribution in [0.3, 0.4) is 0 Å². The van der Waals surface area contributed by atoms with Crippen LogP contribution < -0.4 is 59.2 Å². The van der Waals surface area contributed by atoms with Crippen molar-refractivity contribution >= 4 is 47.5 Å². The van der Waals surface area contributed by atoms with Gasteiger partial charge in [0, 0.05) is 94.6 Å². The van der Waals surface area contributed by atoms with Crippen LogP contribution in [-0.2, 0) is 26.2 Å². The van der Waals surface area contributed by atoms with Crippen molar-refractivity contribution in [2.75, 3.05) is 53.6 Å². The average molecular weight is 1480 g/mol. The van der Waals surface area contributed by atoms with Crippen molar-refractivity contribution in [2.24, 2.45) is 0 Å². The molecule has 0 saturated carbocycles. The zero-order chi connectivity index (χ0) is 75.9. The number of carbonyl (C=O) groups is 8. The summed E-state index contributed by atoms with van der Waals surface area (Å²) in [7, 11) is 0. The zero-order valence-corrected chi connectivity index (χ0v) is 58.1. The number of carboxylic acid groups (broad SMARTS) is 4. The van der Waals surface area contributed by atoms with Crippen LogP contribution in [0.1, 0.15) is 225 Å². The molecular formula is C80H76N4O24. The highest BCUT2D eigenvalue weighted by Gasteiger charge is 2.43. The lowest BCUT2D eigenvalue weighted by Crippen LogP contribution is -2.30. The summed E-state index contributed by atoms with van der Waals surface area (Å²) < 4.78 is 55.1. The Balaban J connectivity index is 1.16. The maximum Gasteiger partial charge on any atom is 0.336 e. The van der Waals surface area contributed by atoms with Gasteiger partial charge in [0.2, 0.25) is 27.2 Å². The molecule has 108 heavy (non-hydrogen) atoms. The van der Waals surface area contributed by atoms with Gasteiger partial charge in [0.15, 0.2) is 0 Å². The molecule has 0 unspecified atom stereocenters. The summed E-state index contributed by atoms with van der Waals surface area (Å²) in [6, 6.07) is 30.0. The monoisotopic (exact) mass is 1480 g/mol. The lowest BCUT2D eigenvalue weighted by atomic mass is 9.74. The molecule has 0 aromatic heterocycles. The van der Waals surface area contributed by atoms with Gasteiger partial charge in [-0.15, -0.1) is 0 Å². The van der Waals surface area contributed by atoms with Gasteiger partial charge in [-0.25, -0.2) is 19.2 Å². The number of aliphatic hydroxyl groups excluding tert-OH is 4. The molecule has 28 nitrogen and oxygen atoms in total. The van der Waals surface area contributed by atoms with E-state index in [9.17, 15) is 79.2 Å². The van der Waals surface area contributed by atoms with E-state index in [-0.39, 0.29) is 191 Å². The fourth-order valence-corrected chi connectivity index (χ4v) is 15.3. The second-order valence-electron chi connectivity index (χ2n) is 26.2. The summed E-state index contributed by atoms with van der Waals surface area (Å²) in [6.45, 7) is -5.68. The van der Waals surface area contributed by atoms with Crippen LogP contribution in [0.4, 0.5) is 0 Å². The van der Waals surface area contributed by atoms with Gasteiger partial charge in [-0.1, -0.05) is 48.5 Å². The molecule has 13 rings (SSSR count). The summed E-state index contributed by atoms with van der Waals surface area (Å²) in [6.07, 6.45) is 0.752. The van der Waals surface area contributed by atoms with E-state index < -0.39 is 125 Å². The van der Waals surface area contributed by atoms with Crippen LogP contribution in [0.25, 0.3) is 0 Å². The second-order valence-corrected chi connectivity index (χ2v) is 26.2. The fourth-order valence-electron chi connectivity index (χ4n) is 15.3. The Morgan fingerprint density at radius 1 is 0.278 bits per heavy atom. The van der Waals surface area contributed by atoms with E-state index in [0.717, 1.165) is 0 Å². The van der Waals surface area contributed by atoms with E-state index in [2.05, 4.69) is 21.3 Å². The molecule has 0 fully saturated rings. The summed E-state index contributed by atoms with van der Waals surface area (Å²) >= 11 is 0. The van der Waals surface area contributed by atoms with E-state index in [1.807, 2.05) is 24.3 Å². The highest BCUT2D eigenvalue weighted by molar-refractivity contribution is 6.07. The molecule has 0 saturated heterocycles. The molecule has 8 bridgehead atoms. The molecule has 560 valence electrons. The lowest BCUT2D eigenvalue weighted by molar-refractivity contribution is 0.0682. The minimum atomic E-state index is -1.37. The predicted octanol–water partition coefficient (Wildman–Crippen LogP) is 9.05. The van der Waals surface area contributed by atoms with Crippen LogP contribution in [0.5, 0.6) is 46.0 Å². The maximum absolute atomic E-state index is 14.7. The number of nitrogens with one attached hydrogen (secondary N) is 4. The number of aromatic carboxylic acids is 4. The first-order chi connectivity index (χ1) is 52.5. The molecule has 1 aliphatic carbocycles. The molecule has 5 aliphatic rings. The summed E-state index contributed by atoms with van der Waals surface area (Å²) in [5.74, 6) is -11.7. The highest BCUT2D eigenvalue weighted by atomic mass is 16.7. The van der Waals surface area contributed by atoms with Gasteiger partial charge in [0.05, 0.1) is 92.9 Å². The van der Waals surface area contributed by atoms with Gasteiger partial charge in [-0.3, -0.25) is 19.2 Å². The van der Waals surface area contributed by atoms with Gasteiger partial charge in [-0.2, -0.15) is 0 Å². The molecular weight excluding hydrogens is 1400 g/mol. The number of carbonyl (C=O) groups excluding carboxylic acids is 4. The van der Waals surface area contributed by atoms with E-state index in [0.29, 0.717) is 44.5 Å². The predicted molar refractivity (Wildman–Crippen MR) is 381 cm³/mol. The Bertz CT molecular complexity index is 4170. The van der Waals surface area contributed by atoms with Crippen LogP contribution in [0.2, 0.25) is 0 Å². The van der Waals surface area contributed by atoms with Crippen molar-refractivity contribution in [3.05, 3.63) is 233 Å². The van der Waals surface area contributed by atoms with Crippen molar-refractivity contribution < 1.29 is 117 Å². The van der Waals surface area contributed by atoms with Crippen molar-refractivity contribution in [3.63, 3.8) is 0 Å². The van der Waals surface area contributed by atoms with Gasteiger partial charge in [-0.05, 0) is 124 Å². The topological polar surface area (TPSA) is 420 Å². The van der Waals surface area contributed by atoms with E-state index in [1.54, 1.807) is 0 Å². The minimum Gasteiger partial charge on any atom is -0.478 e. The van der Waals surface area contributed by atoms with Gasteiger partial charge >= 0.3 is 23.9 Å². The first-order valence-electron chi connectivity index (χ1n) is 35.1. The van der Waals surface area contributed by atoms with Crippen molar-refractivity contribution in [3.8, 4) is 46.0 Å². The molecule has 0 atom stereocenters. The Morgan fingerprint density at radius 3 is 0.602 bits per heavy atom. The van der Waals surface area contributed by atoms with Crippen LogP contribution in [0, 0.1) is 0 Å². The zero-order valence-electron chi connectivity index (χ0n) is 58.1. The molecule has 4 heterocycles. The second kappa shape index (κ2) is 32.6. The number of aliphatic hydroxyl groups is 4. The van der Waals surface area contributed by atoms with E-state index in [4.69, 9.17) is 37.9 Å². The summed E-state index contributed by atoms with van der Waals surface area (Å²) in [5.41, 5.74) is 2.12. The molecule has 12 N–H and O–H groups in total. The Labute approximate surface area is 616 Å². The number of ether oxygens (including phenoxy) is 8. The Kier molecular flexibility index (Phi) is 22.4. The molecule has 8 aromatic rings. The van der Waals surface area contributed by atoms with E-state index >= 15 is 0 Å². The normalized spacial score (nSPS) is 16.0. The third kappa shape index (κ3) is 14.5. The molecule has 4 amide bonds. The van der Waals surface area contributed by atoms with Gasteiger partial charge < -0.3 is 100 Å². The smallest absolute Gasteiger partial charge is 0.336 e. The number of hydrogen-bond acceptors (Lipinski definition) is 20. The van der Waals surface area contributed by atoms with Crippen LogP contribution in [0.15, 0.2) is 121 Å². The van der Waals surface area contributed by atoms with Crippen molar-refractivity contribution in [2.45, 2.75) is 101 Å². The highest BCUT2D eigenvalue weighted by Crippen LogP contribution is 2.59. The minimum absolute atomic E-state index is 0.0893. The largest absolute Gasteiger partial charge is 0.478 e.